The van der Waals surface area contributed by atoms with Gasteiger partial charge in [0.15, 0.2) is 0 Å². The third-order valence-electron chi connectivity index (χ3n) is 3.49. The lowest BCUT2D eigenvalue weighted by atomic mass is 9.90. The molecule has 0 bridgehead atoms. The highest BCUT2D eigenvalue weighted by Crippen LogP contribution is 2.19. The van der Waals surface area contributed by atoms with Gasteiger partial charge in [0.25, 0.3) is 0 Å². The van der Waals surface area contributed by atoms with E-state index >= 15 is 0 Å². The minimum Gasteiger partial charge on any atom is -0.327 e. The number of carbonyl (C=O) groups is 1. The molecule has 2 unspecified atom stereocenters. The average Bonchev–Trinajstić information content (AvgIpc) is 2.21. The quantitative estimate of drug-likeness (QED) is 0.869. The third kappa shape index (κ3) is 3.40. The second-order valence-corrected chi connectivity index (χ2v) is 5.17. The molecule has 0 aliphatic carbocycles. The molecular weight excluding hydrogens is 210 g/mol. The van der Waals surface area contributed by atoms with Crippen LogP contribution in [0.5, 0.6) is 0 Å². The van der Waals surface area contributed by atoms with Gasteiger partial charge in [-0.3, -0.25) is 4.79 Å². The minimum absolute atomic E-state index is 0.0740. The number of hydrogen-bond acceptors (Lipinski definition) is 2. The third-order valence-corrected chi connectivity index (χ3v) is 3.49. The fourth-order valence-corrected chi connectivity index (χ4v) is 2.12. The molecule has 0 saturated heterocycles. The molecule has 0 aromatic heterocycles. The number of ketones is 1. The summed E-state index contributed by atoms with van der Waals surface area (Å²) in [5.74, 6) is 0.158. The van der Waals surface area contributed by atoms with Gasteiger partial charge in [-0.05, 0) is 44.4 Å². The summed E-state index contributed by atoms with van der Waals surface area (Å²) in [5, 5.41) is 0. The van der Waals surface area contributed by atoms with Crippen LogP contribution in [0, 0.1) is 26.7 Å². The van der Waals surface area contributed by atoms with E-state index in [0.717, 1.165) is 5.56 Å². The number of Topliss-reactive ketones (excluding diaryl/α,β-unsaturated/α-hetero) is 1. The fraction of sp³-hybridized carbons (Fsp3) is 0.533. The fourth-order valence-electron chi connectivity index (χ4n) is 2.12. The molecule has 1 aromatic carbocycles. The first kappa shape index (κ1) is 13.9. The largest absolute Gasteiger partial charge is 0.327 e. The van der Waals surface area contributed by atoms with Crippen molar-refractivity contribution in [2.75, 3.05) is 0 Å². The Bertz CT molecular complexity index is 398. The molecule has 1 aromatic rings. The van der Waals surface area contributed by atoms with Crippen LogP contribution in [0.3, 0.4) is 0 Å². The van der Waals surface area contributed by atoms with Gasteiger partial charge in [0, 0.05) is 18.4 Å². The van der Waals surface area contributed by atoms with E-state index in [1.807, 2.05) is 13.8 Å². The molecule has 0 heterocycles. The van der Waals surface area contributed by atoms with E-state index < -0.39 is 0 Å². The monoisotopic (exact) mass is 233 g/mol. The highest BCUT2D eigenvalue weighted by atomic mass is 16.1. The predicted molar refractivity (Wildman–Crippen MR) is 72.2 cm³/mol. The summed E-state index contributed by atoms with van der Waals surface area (Å²) in [4.78, 5) is 12.1. The van der Waals surface area contributed by atoms with E-state index in [9.17, 15) is 4.79 Å². The van der Waals surface area contributed by atoms with Gasteiger partial charge in [-0.25, -0.2) is 0 Å². The van der Waals surface area contributed by atoms with Crippen molar-refractivity contribution in [3.63, 3.8) is 0 Å². The number of hydrogen-bond donors (Lipinski definition) is 1. The van der Waals surface area contributed by atoms with Gasteiger partial charge in [-0.15, -0.1) is 0 Å². The van der Waals surface area contributed by atoms with Gasteiger partial charge in [0.2, 0.25) is 0 Å². The van der Waals surface area contributed by atoms with Crippen LogP contribution in [-0.2, 0) is 11.2 Å². The van der Waals surface area contributed by atoms with E-state index in [-0.39, 0.29) is 17.7 Å². The standard InChI is InChI=1S/C15H23NO/c1-9-6-10(2)14(11(3)7-9)8-15(17)12(4)13(5)16/h6-7,12-13H,8,16H2,1-5H3. The zero-order valence-corrected chi connectivity index (χ0v) is 11.5. The van der Waals surface area contributed by atoms with Crippen molar-refractivity contribution >= 4 is 5.78 Å². The molecule has 2 atom stereocenters. The summed E-state index contributed by atoms with van der Waals surface area (Å²) >= 11 is 0. The lowest BCUT2D eigenvalue weighted by molar-refractivity contribution is -0.122. The van der Waals surface area contributed by atoms with Crippen LogP contribution >= 0.6 is 0 Å². The number of rotatable bonds is 4. The molecule has 0 spiro atoms. The van der Waals surface area contributed by atoms with Crippen molar-refractivity contribution in [1.82, 2.24) is 0 Å². The first-order valence-electron chi connectivity index (χ1n) is 6.18. The molecule has 0 amide bonds. The Morgan fingerprint density at radius 1 is 1.18 bits per heavy atom. The topological polar surface area (TPSA) is 43.1 Å². The zero-order chi connectivity index (χ0) is 13.2. The minimum atomic E-state index is -0.0754. The van der Waals surface area contributed by atoms with Crippen LogP contribution < -0.4 is 5.73 Å². The van der Waals surface area contributed by atoms with Crippen molar-refractivity contribution < 1.29 is 4.79 Å². The molecular formula is C15H23NO. The second-order valence-electron chi connectivity index (χ2n) is 5.17. The summed E-state index contributed by atoms with van der Waals surface area (Å²) in [6.07, 6.45) is 0.501. The molecule has 94 valence electrons. The zero-order valence-electron chi connectivity index (χ0n) is 11.5. The van der Waals surface area contributed by atoms with E-state index in [1.54, 1.807) is 0 Å². The maximum absolute atomic E-state index is 12.1. The van der Waals surface area contributed by atoms with Crippen molar-refractivity contribution in [3.8, 4) is 0 Å². The number of benzene rings is 1. The summed E-state index contributed by atoms with van der Waals surface area (Å²) < 4.78 is 0. The van der Waals surface area contributed by atoms with Gasteiger partial charge in [-0.1, -0.05) is 24.6 Å². The van der Waals surface area contributed by atoms with E-state index in [2.05, 4.69) is 32.9 Å². The van der Waals surface area contributed by atoms with Crippen LogP contribution in [0.25, 0.3) is 0 Å². The first-order valence-corrected chi connectivity index (χ1v) is 6.18. The van der Waals surface area contributed by atoms with E-state index in [1.165, 1.54) is 16.7 Å². The smallest absolute Gasteiger partial charge is 0.141 e. The van der Waals surface area contributed by atoms with Crippen molar-refractivity contribution in [3.05, 3.63) is 34.4 Å². The SMILES string of the molecule is Cc1cc(C)c(CC(=O)C(C)C(C)N)c(C)c1. The summed E-state index contributed by atoms with van der Waals surface area (Å²) in [7, 11) is 0. The molecule has 2 heteroatoms. The van der Waals surface area contributed by atoms with Crippen LogP contribution in [-0.4, -0.2) is 11.8 Å². The molecule has 0 saturated carbocycles. The summed E-state index contributed by atoms with van der Waals surface area (Å²) in [6, 6.07) is 4.19. The highest BCUT2D eigenvalue weighted by molar-refractivity contribution is 5.84. The Labute approximate surface area is 104 Å². The number of carbonyl (C=O) groups excluding carboxylic acids is 1. The second kappa shape index (κ2) is 5.46. The molecule has 0 aliphatic heterocycles. The average molecular weight is 233 g/mol. The van der Waals surface area contributed by atoms with Crippen molar-refractivity contribution in [2.24, 2.45) is 11.7 Å². The molecule has 2 nitrogen and oxygen atoms in total. The molecule has 17 heavy (non-hydrogen) atoms. The lowest BCUT2D eigenvalue weighted by Crippen LogP contribution is -2.31. The van der Waals surface area contributed by atoms with Gasteiger partial charge in [0.05, 0.1) is 0 Å². The van der Waals surface area contributed by atoms with Crippen molar-refractivity contribution in [1.29, 1.82) is 0 Å². The Morgan fingerprint density at radius 3 is 2.06 bits per heavy atom. The van der Waals surface area contributed by atoms with Gasteiger partial charge in [-0.2, -0.15) is 0 Å². The lowest BCUT2D eigenvalue weighted by Gasteiger charge is -2.16. The first-order chi connectivity index (χ1) is 7.82. The van der Waals surface area contributed by atoms with Crippen LogP contribution in [0.2, 0.25) is 0 Å². The van der Waals surface area contributed by atoms with E-state index in [0.29, 0.717) is 6.42 Å². The maximum atomic E-state index is 12.1. The maximum Gasteiger partial charge on any atom is 0.141 e. The molecule has 2 N–H and O–H groups in total. The molecule has 1 rings (SSSR count). The van der Waals surface area contributed by atoms with Crippen LogP contribution in [0.15, 0.2) is 12.1 Å². The Hall–Kier alpha value is -1.15. The molecule has 0 radical (unpaired) electrons. The van der Waals surface area contributed by atoms with Crippen molar-refractivity contribution in [2.45, 2.75) is 47.1 Å². The highest BCUT2D eigenvalue weighted by Gasteiger charge is 2.18. The summed E-state index contributed by atoms with van der Waals surface area (Å²) in [5.41, 5.74) is 10.6. The predicted octanol–water partition coefficient (Wildman–Crippen LogP) is 2.71. The van der Waals surface area contributed by atoms with Gasteiger partial charge in [0.1, 0.15) is 5.78 Å². The van der Waals surface area contributed by atoms with Gasteiger partial charge < -0.3 is 5.73 Å². The van der Waals surface area contributed by atoms with Crippen LogP contribution in [0.1, 0.15) is 36.1 Å². The Kier molecular flexibility index (Phi) is 4.47. The normalized spacial score (nSPS) is 14.5. The molecule has 0 aliphatic rings. The Balaban J connectivity index is 2.93. The van der Waals surface area contributed by atoms with E-state index in [4.69, 9.17) is 5.73 Å². The van der Waals surface area contributed by atoms with Gasteiger partial charge >= 0.3 is 0 Å². The Morgan fingerprint density at radius 2 is 1.65 bits per heavy atom. The van der Waals surface area contributed by atoms with Crippen LogP contribution in [0.4, 0.5) is 0 Å². The number of aryl methyl sites for hydroxylation is 3. The summed E-state index contributed by atoms with van der Waals surface area (Å²) in [6.45, 7) is 10.0. The number of nitrogens with two attached hydrogens (primary N) is 1. The molecule has 0 fully saturated rings.